The molecule has 0 atom stereocenters. The fourth-order valence-electron chi connectivity index (χ4n) is 2.93. The smallest absolute Gasteiger partial charge is 0.278 e. The Kier molecular flexibility index (Phi) is 3.32. The van der Waals surface area contributed by atoms with Crippen LogP contribution in [0.3, 0.4) is 0 Å². The van der Waals surface area contributed by atoms with Crippen molar-refractivity contribution in [3.05, 3.63) is 53.3 Å². The molecular weight excluding hydrogens is 325 g/mol. The number of hydrogen-bond acceptors (Lipinski definition) is 7. The molecule has 0 aliphatic carbocycles. The van der Waals surface area contributed by atoms with E-state index in [1.54, 1.807) is 26.2 Å². The molecule has 1 aromatic carbocycles. The third-order valence-corrected chi connectivity index (χ3v) is 4.13. The van der Waals surface area contributed by atoms with E-state index in [2.05, 4.69) is 15.1 Å². The maximum absolute atomic E-state index is 13.8. The number of nitrogens with zero attached hydrogens (tertiary/aromatic N) is 5. The van der Waals surface area contributed by atoms with E-state index in [-0.39, 0.29) is 5.82 Å². The van der Waals surface area contributed by atoms with Crippen LogP contribution in [0.25, 0.3) is 17.3 Å². The first-order valence-electron chi connectivity index (χ1n) is 7.62. The lowest BCUT2D eigenvalue weighted by Gasteiger charge is -2.22. The maximum Gasteiger partial charge on any atom is 0.278 e. The van der Waals surface area contributed by atoms with Gasteiger partial charge in [-0.15, -0.1) is 0 Å². The quantitative estimate of drug-likeness (QED) is 0.649. The molecule has 0 unspecified atom stereocenters. The molecule has 0 radical (unpaired) electrons. The van der Waals surface area contributed by atoms with Crippen molar-refractivity contribution in [2.75, 3.05) is 5.01 Å². The van der Waals surface area contributed by atoms with Gasteiger partial charge in [-0.25, -0.2) is 15.2 Å². The molecule has 1 aliphatic heterocycles. The Hall–Kier alpha value is -3.20. The molecule has 9 heteroatoms. The lowest BCUT2D eigenvalue weighted by Crippen LogP contribution is -2.32. The van der Waals surface area contributed by atoms with E-state index in [1.165, 1.54) is 17.1 Å². The minimum absolute atomic E-state index is 0.314. The van der Waals surface area contributed by atoms with Gasteiger partial charge in [0.05, 0.1) is 22.8 Å². The summed E-state index contributed by atoms with van der Waals surface area (Å²) in [5.41, 5.74) is 9.70. The third kappa shape index (κ3) is 2.36. The van der Waals surface area contributed by atoms with Gasteiger partial charge in [0.15, 0.2) is 11.5 Å². The average molecular weight is 341 g/mol. The van der Waals surface area contributed by atoms with E-state index >= 15 is 0 Å². The second kappa shape index (κ2) is 5.42. The van der Waals surface area contributed by atoms with Gasteiger partial charge in [0.1, 0.15) is 12.1 Å². The highest BCUT2D eigenvalue weighted by Gasteiger charge is 2.28. The Morgan fingerprint density at radius 3 is 2.80 bits per heavy atom. The first-order chi connectivity index (χ1) is 12.0. The Balaban J connectivity index is 2.00. The van der Waals surface area contributed by atoms with Crippen molar-refractivity contribution in [2.45, 2.75) is 20.3 Å². The van der Waals surface area contributed by atoms with E-state index in [1.807, 2.05) is 4.57 Å². The van der Waals surface area contributed by atoms with Crippen LogP contribution in [-0.4, -0.2) is 19.7 Å². The number of anilines is 1. The summed E-state index contributed by atoms with van der Waals surface area (Å²) in [5, 5.41) is 5.22. The van der Waals surface area contributed by atoms with Crippen LogP contribution in [0.5, 0.6) is 0 Å². The van der Waals surface area contributed by atoms with Crippen LogP contribution >= 0.6 is 0 Å². The SMILES string of the molecule is C/C(N)=C1\Cc2c(-c3nc(C)no3)ncn2-c2ccc(F)cc2N1N. The van der Waals surface area contributed by atoms with Crippen LogP contribution in [0.15, 0.2) is 40.4 Å². The first kappa shape index (κ1) is 15.3. The molecule has 0 bridgehead atoms. The summed E-state index contributed by atoms with van der Waals surface area (Å²) in [6.07, 6.45) is 2.01. The molecule has 0 amide bonds. The molecule has 0 fully saturated rings. The Morgan fingerprint density at radius 2 is 2.12 bits per heavy atom. The summed E-state index contributed by atoms with van der Waals surface area (Å²) >= 11 is 0. The minimum atomic E-state index is -0.389. The Labute approximate surface area is 142 Å². The minimum Gasteiger partial charge on any atom is -0.401 e. The summed E-state index contributed by atoms with van der Waals surface area (Å²) in [5.74, 6) is 6.67. The molecule has 128 valence electrons. The van der Waals surface area contributed by atoms with Gasteiger partial charge in [-0.05, 0) is 26.0 Å². The van der Waals surface area contributed by atoms with Crippen molar-refractivity contribution in [3.63, 3.8) is 0 Å². The van der Waals surface area contributed by atoms with Gasteiger partial charge in [0.2, 0.25) is 0 Å². The molecule has 2 aromatic heterocycles. The highest BCUT2D eigenvalue weighted by Crippen LogP contribution is 2.35. The molecule has 25 heavy (non-hydrogen) atoms. The van der Waals surface area contributed by atoms with Gasteiger partial charge >= 0.3 is 0 Å². The fourth-order valence-corrected chi connectivity index (χ4v) is 2.93. The summed E-state index contributed by atoms with van der Waals surface area (Å²) in [6, 6.07) is 4.38. The Bertz CT molecular complexity index is 1000. The zero-order chi connectivity index (χ0) is 17.7. The zero-order valence-electron chi connectivity index (χ0n) is 13.7. The molecule has 1 aliphatic rings. The molecular formula is C16H16FN7O. The van der Waals surface area contributed by atoms with Crippen molar-refractivity contribution < 1.29 is 8.91 Å². The van der Waals surface area contributed by atoms with E-state index < -0.39 is 0 Å². The van der Waals surface area contributed by atoms with Crippen molar-refractivity contribution in [3.8, 4) is 17.3 Å². The Morgan fingerprint density at radius 1 is 1.32 bits per heavy atom. The predicted molar refractivity (Wildman–Crippen MR) is 88.8 cm³/mol. The van der Waals surface area contributed by atoms with Crippen LogP contribution in [0.2, 0.25) is 0 Å². The van der Waals surface area contributed by atoms with Crippen molar-refractivity contribution in [2.24, 2.45) is 11.6 Å². The van der Waals surface area contributed by atoms with Crippen molar-refractivity contribution >= 4 is 5.69 Å². The normalized spacial score (nSPS) is 15.6. The molecule has 4 N–H and O–H groups in total. The fraction of sp³-hybridized carbons (Fsp3) is 0.188. The largest absolute Gasteiger partial charge is 0.401 e. The van der Waals surface area contributed by atoms with Gasteiger partial charge in [0.25, 0.3) is 5.89 Å². The van der Waals surface area contributed by atoms with E-state index in [0.717, 1.165) is 5.69 Å². The van der Waals surface area contributed by atoms with E-state index in [4.69, 9.17) is 16.1 Å². The molecule has 0 spiro atoms. The third-order valence-electron chi connectivity index (χ3n) is 4.13. The standard InChI is InChI=1S/C16H16FN7O/c1-8(18)12-6-14-15(16-21-9(2)22-25-16)20-7-23(14)11-4-3-10(17)5-13(11)24(12)19/h3-5,7H,6,18-19H2,1-2H3/b12-8-. The molecule has 0 saturated heterocycles. The average Bonchev–Trinajstić information content (AvgIpc) is 3.15. The lowest BCUT2D eigenvalue weighted by molar-refractivity contribution is 0.424. The van der Waals surface area contributed by atoms with Crippen LogP contribution in [0.1, 0.15) is 18.4 Å². The van der Waals surface area contributed by atoms with Gasteiger partial charge < -0.3 is 10.3 Å². The number of aryl methyl sites for hydroxylation is 1. The van der Waals surface area contributed by atoms with Gasteiger partial charge in [0, 0.05) is 18.2 Å². The van der Waals surface area contributed by atoms with Gasteiger partial charge in [-0.2, -0.15) is 4.98 Å². The number of nitrogens with two attached hydrogens (primary N) is 2. The number of hydrazine groups is 1. The van der Waals surface area contributed by atoms with Crippen LogP contribution < -0.4 is 16.6 Å². The second-order valence-electron chi connectivity index (χ2n) is 5.87. The number of allylic oxidation sites excluding steroid dienone is 2. The van der Waals surface area contributed by atoms with Crippen LogP contribution in [0.4, 0.5) is 10.1 Å². The first-order valence-corrected chi connectivity index (χ1v) is 7.62. The number of fused-ring (bicyclic) bond motifs is 3. The molecule has 3 heterocycles. The summed E-state index contributed by atoms with van der Waals surface area (Å²) in [6.45, 7) is 3.48. The number of imidazole rings is 1. The van der Waals surface area contributed by atoms with E-state index in [0.29, 0.717) is 46.6 Å². The predicted octanol–water partition coefficient (Wildman–Crippen LogP) is 1.80. The number of benzene rings is 1. The zero-order valence-corrected chi connectivity index (χ0v) is 13.7. The molecule has 8 nitrogen and oxygen atoms in total. The molecule has 4 rings (SSSR count). The number of rotatable bonds is 1. The topological polar surface area (TPSA) is 112 Å². The maximum atomic E-state index is 13.8. The number of halogens is 1. The summed E-state index contributed by atoms with van der Waals surface area (Å²) in [4.78, 5) is 8.66. The molecule has 3 aromatic rings. The second-order valence-corrected chi connectivity index (χ2v) is 5.87. The highest BCUT2D eigenvalue weighted by molar-refractivity contribution is 5.70. The summed E-state index contributed by atoms with van der Waals surface area (Å²) in [7, 11) is 0. The van der Waals surface area contributed by atoms with Crippen molar-refractivity contribution in [1.82, 2.24) is 19.7 Å². The van der Waals surface area contributed by atoms with Gasteiger partial charge in [-0.3, -0.25) is 9.58 Å². The highest BCUT2D eigenvalue weighted by atomic mass is 19.1. The molecule has 0 saturated carbocycles. The number of aromatic nitrogens is 4. The van der Waals surface area contributed by atoms with Crippen LogP contribution in [-0.2, 0) is 6.42 Å². The van der Waals surface area contributed by atoms with Crippen molar-refractivity contribution in [1.29, 1.82) is 0 Å². The van der Waals surface area contributed by atoms with Gasteiger partial charge in [-0.1, -0.05) is 5.16 Å². The monoisotopic (exact) mass is 341 g/mol. The number of hydrogen-bond donors (Lipinski definition) is 2. The summed E-state index contributed by atoms with van der Waals surface area (Å²) < 4.78 is 20.9. The lowest BCUT2D eigenvalue weighted by atomic mass is 10.1. The van der Waals surface area contributed by atoms with E-state index in [9.17, 15) is 4.39 Å². The van der Waals surface area contributed by atoms with Crippen LogP contribution in [0, 0.1) is 12.7 Å².